The Morgan fingerprint density at radius 2 is 1.90 bits per heavy atom. The number of nitrogens with two attached hydrogens (primary N) is 1. The second-order valence-corrected chi connectivity index (χ2v) is 10.8. The molecule has 1 atom stereocenters. The van der Waals surface area contributed by atoms with Crippen LogP contribution in [0.5, 0.6) is 5.75 Å². The van der Waals surface area contributed by atoms with Gasteiger partial charge in [-0.3, -0.25) is 4.79 Å². The largest absolute Gasteiger partial charge is 0.488 e. The number of para-hydroxylation sites is 1. The van der Waals surface area contributed by atoms with Crippen LogP contribution in [0.3, 0.4) is 0 Å². The molecule has 6 nitrogen and oxygen atoms in total. The van der Waals surface area contributed by atoms with Crippen molar-refractivity contribution in [3.63, 3.8) is 0 Å². The van der Waals surface area contributed by atoms with Gasteiger partial charge in [0.2, 0.25) is 0 Å². The second-order valence-electron chi connectivity index (χ2n) is 10.8. The molecule has 2 fully saturated rings. The summed E-state index contributed by atoms with van der Waals surface area (Å²) in [5.74, 6) is 0.360. The molecule has 1 spiro atoms. The van der Waals surface area contributed by atoms with Crippen LogP contribution in [0, 0.1) is 11.2 Å². The van der Waals surface area contributed by atoms with Gasteiger partial charge in [-0.1, -0.05) is 36.4 Å². The van der Waals surface area contributed by atoms with Gasteiger partial charge in [-0.15, -0.1) is 0 Å². The van der Waals surface area contributed by atoms with Gasteiger partial charge in [0.05, 0.1) is 6.61 Å². The molecule has 39 heavy (non-hydrogen) atoms. The SMILES string of the molecule is C[C@H](N)c1cccc(-c2cc(COc3ccccc3COC=O)cc(N3CCC4(CCCOC4)CC3)c2)c1F. The van der Waals surface area contributed by atoms with Crippen LogP contribution in [0.25, 0.3) is 11.1 Å². The summed E-state index contributed by atoms with van der Waals surface area (Å²) in [5.41, 5.74) is 10.9. The molecule has 3 aromatic rings. The first-order valence-electron chi connectivity index (χ1n) is 13.7. The number of ether oxygens (including phenoxy) is 3. The van der Waals surface area contributed by atoms with E-state index in [4.69, 9.17) is 19.9 Å². The number of nitrogens with zero attached hydrogens (tertiary/aromatic N) is 1. The molecule has 0 unspecified atom stereocenters. The summed E-state index contributed by atoms with van der Waals surface area (Å²) < 4.78 is 32.6. The van der Waals surface area contributed by atoms with Crippen LogP contribution >= 0.6 is 0 Å². The van der Waals surface area contributed by atoms with E-state index in [9.17, 15) is 4.79 Å². The molecular weight excluding hydrogens is 495 g/mol. The molecule has 2 heterocycles. The summed E-state index contributed by atoms with van der Waals surface area (Å²) in [4.78, 5) is 13.1. The number of carbonyl (C=O) groups excluding carboxylic acids is 1. The quantitative estimate of drug-likeness (QED) is 0.333. The number of hydrogen-bond donors (Lipinski definition) is 1. The first kappa shape index (κ1) is 27.2. The number of rotatable bonds is 9. The highest BCUT2D eigenvalue weighted by molar-refractivity contribution is 5.71. The van der Waals surface area contributed by atoms with Crippen molar-refractivity contribution in [1.82, 2.24) is 0 Å². The van der Waals surface area contributed by atoms with Crippen LogP contribution in [0.4, 0.5) is 10.1 Å². The van der Waals surface area contributed by atoms with E-state index in [1.165, 1.54) is 6.42 Å². The predicted molar refractivity (Wildman–Crippen MR) is 150 cm³/mol. The molecule has 0 amide bonds. The summed E-state index contributed by atoms with van der Waals surface area (Å²) in [6.07, 6.45) is 4.53. The number of carbonyl (C=O) groups is 1. The van der Waals surface area contributed by atoms with Gasteiger partial charge in [-0.2, -0.15) is 0 Å². The van der Waals surface area contributed by atoms with E-state index in [0.717, 1.165) is 67.9 Å². The van der Waals surface area contributed by atoms with Crippen molar-refractivity contribution in [2.45, 2.75) is 51.9 Å². The van der Waals surface area contributed by atoms with E-state index in [1.54, 1.807) is 13.0 Å². The van der Waals surface area contributed by atoms with Crippen molar-refractivity contribution in [3.8, 4) is 16.9 Å². The van der Waals surface area contributed by atoms with Crippen LogP contribution in [0.1, 0.15) is 55.3 Å². The second kappa shape index (κ2) is 12.2. The van der Waals surface area contributed by atoms with Gasteiger partial charge >= 0.3 is 0 Å². The van der Waals surface area contributed by atoms with Crippen molar-refractivity contribution in [3.05, 3.63) is 83.2 Å². The maximum absolute atomic E-state index is 15.6. The summed E-state index contributed by atoms with van der Waals surface area (Å²) in [6.45, 7) is 6.24. The zero-order chi connectivity index (χ0) is 27.2. The lowest BCUT2D eigenvalue weighted by atomic mass is 9.74. The molecule has 2 N–H and O–H groups in total. The Morgan fingerprint density at radius 3 is 2.64 bits per heavy atom. The molecule has 2 aliphatic heterocycles. The lowest BCUT2D eigenvalue weighted by Gasteiger charge is -2.44. The number of piperidine rings is 1. The van der Waals surface area contributed by atoms with Crippen LogP contribution in [0.2, 0.25) is 0 Å². The summed E-state index contributed by atoms with van der Waals surface area (Å²) >= 11 is 0. The average molecular weight is 533 g/mol. The van der Waals surface area contributed by atoms with Gasteiger partial charge in [-0.05, 0) is 73.4 Å². The van der Waals surface area contributed by atoms with E-state index >= 15 is 4.39 Å². The topological polar surface area (TPSA) is 74.0 Å². The number of benzene rings is 3. The number of anilines is 1. The third-order valence-electron chi connectivity index (χ3n) is 8.07. The molecule has 3 aromatic carbocycles. The summed E-state index contributed by atoms with van der Waals surface area (Å²) in [7, 11) is 0. The van der Waals surface area contributed by atoms with Crippen molar-refractivity contribution >= 4 is 12.2 Å². The number of hydrogen-bond acceptors (Lipinski definition) is 6. The molecule has 5 rings (SSSR count). The number of halogens is 1. The van der Waals surface area contributed by atoms with E-state index in [1.807, 2.05) is 42.5 Å². The van der Waals surface area contributed by atoms with Gasteiger partial charge < -0.3 is 24.8 Å². The Morgan fingerprint density at radius 1 is 1.08 bits per heavy atom. The van der Waals surface area contributed by atoms with Gasteiger partial charge in [-0.25, -0.2) is 4.39 Å². The Labute approximate surface area is 229 Å². The smallest absolute Gasteiger partial charge is 0.293 e. The van der Waals surface area contributed by atoms with Gasteiger partial charge in [0.25, 0.3) is 6.47 Å². The highest BCUT2D eigenvalue weighted by atomic mass is 19.1. The molecule has 2 aliphatic rings. The standard InChI is InChI=1S/C32H37FN2O4/c1-23(34)28-7-4-8-29(31(28)33)26-16-24(19-39-30-9-3-2-6-25(30)20-38-22-36)17-27(18-26)35-13-11-32(12-14-35)10-5-15-37-21-32/h2-4,6-9,16-18,22-23H,5,10-15,19-21,34H2,1H3/t23-/m0/s1. The minimum Gasteiger partial charge on any atom is -0.488 e. The lowest BCUT2D eigenvalue weighted by molar-refractivity contribution is -0.129. The van der Waals surface area contributed by atoms with Crippen molar-refractivity contribution in [1.29, 1.82) is 0 Å². The molecule has 206 valence electrons. The molecule has 0 saturated carbocycles. The van der Waals surface area contributed by atoms with Gasteiger partial charge in [0.15, 0.2) is 0 Å². The lowest BCUT2D eigenvalue weighted by Crippen LogP contribution is -2.44. The summed E-state index contributed by atoms with van der Waals surface area (Å²) in [5, 5.41) is 0. The highest BCUT2D eigenvalue weighted by Gasteiger charge is 2.36. The summed E-state index contributed by atoms with van der Waals surface area (Å²) in [6, 6.07) is 18.7. The molecule has 0 radical (unpaired) electrons. The fraction of sp³-hybridized carbons (Fsp3) is 0.406. The Bertz CT molecular complexity index is 1280. The van der Waals surface area contributed by atoms with E-state index in [2.05, 4.69) is 17.0 Å². The predicted octanol–water partition coefficient (Wildman–Crippen LogP) is 6.16. The fourth-order valence-electron chi connectivity index (χ4n) is 5.81. The highest BCUT2D eigenvalue weighted by Crippen LogP contribution is 2.41. The zero-order valence-corrected chi connectivity index (χ0v) is 22.5. The average Bonchev–Trinajstić information content (AvgIpc) is 2.96. The van der Waals surface area contributed by atoms with Gasteiger partial charge in [0, 0.05) is 48.1 Å². The molecule has 7 heteroatoms. The third-order valence-corrected chi connectivity index (χ3v) is 8.07. The van der Waals surface area contributed by atoms with Crippen LogP contribution in [-0.2, 0) is 27.5 Å². The van der Waals surface area contributed by atoms with Gasteiger partial charge in [0.1, 0.15) is 24.8 Å². The van der Waals surface area contributed by atoms with Crippen LogP contribution < -0.4 is 15.4 Å². The van der Waals surface area contributed by atoms with E-state index in [0.29, 0.717) is 30.0 Å². The van der Waals surface area contributed by atoms with Crippen molar-refractivity contribution < 1.29 is 23.4 Å². The molecule has 0 aromatic heterocycles. The molecule has 0 aliphatic carbocycles. The van der Waals surface area contributed by atoms with Crippen molar-refractivity contribution in [2.75, 3.05) is 31.2 Å². The Balaban J connectivity index is 1.44. The van der Waals surface area contributed by atoms with Crippen LogP contribution in [-0.4, -0.2) is 32.8 Å². The Hall–Kier alpha value is -3.42. The maximum atomic E-state index is 15.6. The van der Waals surface area contributed by atoms with E-state index < -0.39 is 6.04 Å². The monoisotopic (exact) mass is 532 g/mol. The fourth-order valence-corrected chi connectivity index (χ4v) is 5.81. The van der Waals surface area contributed by atoms with E-state index in [-0.39, 0.29) is 17.8 Å². The first-order valence-corrected chi connectivity index (χ1v) is 13.7. The maximum Gasteiger partial charge on any atom is 0.293 e. The normalized spacial score (nSPS) is 17.6. The minimum atomic E-state index is -0.406. The molecular formula is C32H37FN2O4. The van der Waals surface area contributed by atoms with Crippen molar-refractivity contribution in [2.24, 2.45) is 11.1 Å². The zero-order valence-electron chi connectivity index (χ0n) is 22.5. The third kappa shape index (κ3) is 6.26. The Kier molecular flexibility index (Phi) is 8.48. The molecule has 2 saturated heterocycles. The van der Waals surface area contributed by atoms with Crippen LogP contribution in [0.15, 0.2) is 60.7 Å². The molecule has 0 bridgehead atoms. The first-order chi connectivity index (χ1) is 19.0. The minimum absolute atomic E-state index is 0.138.